The van der Waals surface area contributed by atoms with E-state index in [1.54, 1.807) is 0 Å². The van der Waals surface area contributed by atoms with Crippen molar-refractivity contribution in [3.8, 4) is 52.9 Å². The summed E-state index contributed by atoms with van der Waals surface area (Å²) in [7, 11) is 0. The molecule has 0 saturated heterocycles. The zero-order valence-corrected chi connectivity index (χ0v) is 22.0. The summed E-state index contributed by atoms with van der Waals surface area (Å²) in [6, 6.07) is 44.3. The molecule has 2 heterocycles. The van der Waals surface area contributed by atoms with E-state index in [-0.39, 0.29) is 0 Å². The van der Waals surface area contributed by atoms with E-state index in [0.717, 1.165) is 0 Å². The van der Waals surface area contributed by atoms with Crippen LogP contribution in [0.4, 0.5) is 0 Å². The van der Waals surface area contributed by atoms with Crippen LogP contribution in [-0.2, 0) is 0 Å². The van der Waals surface area contributed by atoms with Gasteiger partial charge in [-0.2, -0.15) is 0 Å². The highest BCUT2D eigenvalue weighted by Gasteiger charge is 2.10. The van der Waals surface area contributed by atoms with Crippen LogP contribution in [0, 0.1) is 13.8 Å². The lowest BCUT2D eigenvalue weighted by atomic mass is 10.0. The van der Waals surface area contributed by atoms with Gasteiger partial charge in [0.1, 0.15) is 0 Å². The molecule has 36 heavy (non-hydrogen) atoms. The largest absolute Gasteiger partial charge is 0.134 e. The summed E-state index contributed by atoms with van der Waals surface area (Å²) < 4.78 is 0. The highest BCUT2D eigenvalue weighted by Crippen LogP contribution is 2.41. The third-order valence-electron chi connectivity index (χ3n) is 6.56. The lowest BCUT2D eigenvalue weighted by Crippen LogP contribution is -1.79. The van der Waals surface area contributed by atoms with Crippen LogP contribution in [0.1, 0.15) is 11.1 Å². The molecule has 0 aliphatic heterocycles. The SMILES string of the molecule is Cc1ccc(-c2ccc(-c3ccc(-c4ccc(-c5ccc(-c6ccc(C)cc6)cc5)s4)s3)cc2)cc1. The fraction of sp³-hybridized carbons (Fsp3) is 0.0588. The van der Waals surface area contributed by atoms with Gasteiger partial charge in [-0.1, -0.05) is 108 Å². The van der Waals surface area contributed by atoms with E-state index in [9.17, 15) is 0 Å². The summed E-state index contributed by atoms with van der Waals surface area (Å²) >= 11 is 3.72. The van der Waals surface area contributed by atoms with Gasteiger partial charge in [0.25, 0.3) is 0 Å². The summed E-state index contributed by atoms with van der Waals surface area (Å²) in [4.78, 5) is 5.25. The standard InChI is InChI=1S/C34H26S2/c1-23-3-7-25(8-4-23)27-11-15-29(16-12-27)31-19-21-33(35-31)34-22-20-32(36-34)30-17-13-28(14-18-30)26-9-5-24(2)6-10-26/h3-22H,1-2H3. The molecule has 0 aliphatic carbocycles. The highest BCUT2D eigenvalue weighted by atomic mass is 32.1. The molecule has 0 spiro atoms. The first-order chi connectivity index (χ1) is 17.6. The molecular formula is C34H26S2. The summed E-state index contributed by atoms with van der Waals surface area (Å²) in [5.74, 6) is 0. The quantitative estimate of drug-likeness (QED) is 0.222. The topological polar surface area (TPSA) is 0 Å². The number of hydrogen-bond acceptors (Lipinski definition) is 2. The van der Waals surface area contributed by atoms with Crippen LogP contribution in [0.2, 0.25) is 0 Å². The fourth-order valence-electron chi connectivity index (χ4n) is 4.40. The Balaban J connectivity index is 1.19. The third-order valence-corrected chi connectivity index (χ3v) is 9.03. The minimum Gasteiger partial charge on any atom is -0.134 e. The monoisotopic (exact) mass is 498 g/mol. The van der Waals surface area contributed by atoms with Gasteiger partial charge in [0.05, 0.1) is 0 Å². The van der Waals surface area contributed by atoms with Crippen LogP contribution in [0.3, 0.4) is 0 Å². The van der Waals surface area contributed by atoms with E-state index in [4.69, 9.17) is 0 Å². The first-order valence-corrected chi connectivity index (χ1v) is 13.8. The Labute approximate surface area is 221 Å². The minimum atomic E-state index is 1.26. The molecule has 0 unspecified atom stereocenters. The number of thiophene rings is 2. The zero-order valence-electron chi connectivity index (χ0n) is 20.4. The molecule has 0 N–H and O–H groups in total. The van der Waals surface area contributed by atoms with Crippen molar-refractivity contribution in [2.24, 2.45) is 0 Å². The maximum atomic E-state index is 2.25. The predicted molar refractivity (Wildman–Crippen MR) is 159 cm³/mol. The van der Waals surface area contributed by atoms with Crippen molar-refractivity contribution in [3.05, 3.63) is 132 Å². The summed E-state index contributed by atoms with van der Waals surface area (Å²) in [6.45, 7) is 4.25. The Kier molecular flexibility index (Phi) is 6.14. The maximum absolute atomic E-state index is 2.25. The predicted octanol–water partition coefficient (Wildman–Crippen LogP) is 10.8. The first kappa shape index (κ1) is 22.7. The molecule has 2 aromatic heterocycles. The van der Waals surface area contributed by atoms with Crippen LogP contribution in [0.5, 0.6) is 0 Å². The lowest BCUT2D eigenvalue weighted by Gasteiger charge is -2.04. The van der Waals surface area contributed by atoms with Gasteiger partial charge in [-0.15, -0.1) is 22.7 Å². The highest BCUT2D eigenvalue weighted by molar-refractivity contribution is 7.25. The Morgan fingerprint density at radius 1 is 0.278 bits per heavy atom. The van der Waals surface area contributed by atoms with Gasteiger partial charge in [-0.05, 0) is 71.5 Å². The molecule has 0 atom stereocenters. The van der Waals surface area contributed by atoms with Crippen LogP contribution in [-0.4, -0.2) is 0 Å². The molecule has 0 nitrogen and oxygen atoms in total. The first-order valence-electron chi connectivity index (χ1n) is 12.2. The fourth-order valence-corrected chi connectivity index (χ4v) is 6.51. The summed E-state index contributed by atoms with van der Waals surface area (Å²) in [5.41, 5.74) is 10.2. The van der Waals surface area contributed by atoms with Crippen molar-refractivity contribution in [2.75, 3.05) is 0 Å². The minimum absolute atomic E-state index is 1.26. The molecule has 174 valence electrons. The molecule has 2 heteroatoms. The van der Waals surface area contributed by atoms with Crippen LogP contribution < -0.4 is 0 Å². The van der Waals surface area contributed by atoms with Crippen molar-refractivity contribution in [1.82, 2.24) is 0 Å². The molecule has 4 aromatic carbocycles. The Bertz CT molecular complexity index is 1470. The number of aryl methyl sites for hydroxylation is 2. The van der Waals surface area contributed by atoms with Gasteiger partial charge in [-0.3, -0.25) is 0 Å². The third kappa shape index (κ3) is 4.70. The van der Waals surface area contributed by atoms with E-state index < -0.39 is 0 Å². The van der Waals surface area contributed by atoms with Crippen molar-refractivity contribution >= 4 is 22.7 Å². The second kappa shape index (κ2) is 9.73. The second-order valence-electron chi connectivity index (χ2n) is 9.21. The summed E-state index contributed by atoms with van der Waals surface area (Å²) in [5, 5.41) is 0. The average Bonchev–Trinajstić information content (AvgIpc) is 3.60. The Morgan fingerprint density at radius 3 is 0.861 bits per heavy atom. The normalized spacial score (nSPS) is 11.1. The van der Waals surface area contributed by atoms with Gasteiger partial charge < -0.3 is 0 Å². The van der Waals surface area contributed by atoms with Gasteiger partial charge in [0, 0.05) is 19.5 Å². The van der Waals surface area contributed by atoms with E-state index >= 15 is 0 Å². The van der Waals surface area contributed by atoms with Crippen molar-refractivity contribution in [1.29, 1.82) is 0 Å². The van der Waals surface area contributed by atoms with Crippen molar-refractivity contribution in [3.63, 3.8) is 0 Å². The number of rotatable bonds is 5. The average molecular weight is 499 g/mol. The van der Waals surface area contributed by atoms with Gasteiger partial charge in [0.15, 0.2) is 0 Å². The lowest BCUT2D eigenvalue weighted by molar-refractivity contribution is 1.47. The van der Waals surface area contributed by atoms with Crippen molar-refractivity contribution < 1.29 is 0 Å². The van der Waals surface area contributed by atoms with E-state index in [1.165, 1.54) is 64.0 Å². The van der Waals surface area contributed by atoms with E-state index in [1.807, 2.05) is 22.7 Å². The maximum Gasteiger partial charge on any atom is 0.0449 e. The van der Waals surface area contributed by atoms with Gasteiger partial charge in [0.2, 0.25) is 0 Å². The Morgan fingerprint density at radius 2 is 0.528 bits per heavy atom. The molecule has 0 radical (unpaired) electrons. The summed E-state index contributed by atoms with van der Waals surface area (Å²) in [6.07, 6.45) is 0. The van der Waals surface area contributed by atoms with Crippen LogP contribution in [0.15, 0.2) is 121 Å². The van der Waals surface area contributed by atoms with E-state index in [2.05, 4.69) is 135 Å². The van der Waals surface area contributed by atoms with Crippen molar-refractivity contribution in [2.45, 2.75) is 13.8 Å². The molecule has 6 rings (SSSR count). The van der Waals surface area contributed by atoms with E-state index in [0.29, 0.717) is 0 Å². The van der Waals surface area contributed by atoms with Crippen LogP contribution >= 0.6 is 22.7 Å². The molecule has 0 amide bonds. The Hall–Kier alpha value is -3.72. The molecule has 0 aliphatic rings. The molecular weight excluding hydrogens is 473 g/mol. The molecule has 0 bridgehead atoms. The van der Waals surface area contributed by atoms with Gasteiger partial charge >= 0.3 is 0 Å². The van der Waals surface area contributed by atoms with Gasteiger partial charge in [-0.25, -0.2) is 0 Å². The number of hydrogen-bond donors (Lipinski definition) is 0. The molecule has 0 fully saturated rings. The smallest absolute Gasteiger partial charge is 0.0449 e. The zero-order chi connectivity index (χ0) is 24.5. The second-order valence-corrected chi connectivity index (χ2v) is 11.4. The molecule has 6 aromatic rings. The number of benzene rings is 4. The van der Waals surface area contributed by atoms with Crippen LogP contribution in [0.25, 0.3) is 52.9 Å². The molecule has 0 saturated carbocycles.